The Bertz CT molecular complexity index is 614. The highest BCUT2D eigenvalue weighted by Crippen LogP contribution is 2.30. The molecule has 19 heavy (non-hydrogen) atoms. The predicted molar refractivity (Wildman–Crippen MR) is 78.6 cm³/mol. The number of carbonyl (C=O) groups excluding carboxylic acids is 1. The van der Waals surface area contributed by atoms with E-state index in [1.807, 2.05) is 36.2 Å². The Labute approximate surface area is 119 Å². The standard InChI is InChI=1S/C12H13ClN4OS/c1-17(6-7-3-2-4-8(13)5-7)12-9(11(15)18)10(14)16-19-12/h2-5H,6H2,1H3,(H2,14,16)(H2,15,18). The maximum absolute atomic E-state index is 11.4. The molecule has 0 fully saturated rings. The van der Waals surface area contributed by atoms with Crippen molar-refractivity contribution in [1.29, 1.82) is 0 Å². The molecule has 0 aliphatic heterocycles. The quantitative estimate of drug-likeness (QED) is 0.905. The molecule has 0 atom stereocenters. The number of nitrogen functional groups attached to an aromatic ring is 1. The molecule has 1 aromatic carbocycles. The van der Waals surface area contributed by atoms with Crippen LogP contribution in [0, 0.1) is 0 Å². The summed E-state index contributed by atoms with van der Waals surface area (Å²) in [6, 6.07) is 7.51. The largest absolute Gasteiger partial charge is 0.382 e. The average Bonchev–Trinajstić information content (AvgIpc) is 2.71. The molecule has 0 unspecified atom stereocenters. The van der Waals surface area contributed by atoms with Gasteiger partial charge in [0.15, 0.2) is 5.82 Å². The van der Waals surface area contributed by atoms with Crippen LogP contribution in [0.15, 0.2) is 24.3 Å². The van der Waals surface area contributed by atoms with Crippen LogP contribution in [0.1, 0.15) is 15.9 Å². The highest BCUT2D eigenvalue weighted by atomic mass is 35.5. The van der Waals surface area contributed by atoms with E-state index in [1.165, 1.54) is 0 Å². The van der Waals surface area contributed by atoms with Gasteiger partial charge in [0.05, 0.1) is 0 Å². The van der Waals surface area contributed by atoms with E-state index >= 15 is 0 Å². The second-order valence-electron chi connectivity index (χ2n) is 4.10. The first-order valence-electron chi connectivity index (χ1n) is 5.49. The number of nitrogens with two attached hydrogens (primary N) is 2. The second kappa shape index (κ2) is 5.46. The summed E-state index contributed by atoms with van der Waals surface area (Å²) in [5, 5.41) is 1.33. The third kappa shape index (κ3) is 2.97. The van der Waals surface area contributed by atoms with Crippen molar-refractivity contribution in [1.82, 2.24) is 4.37 Å². The van der Waals surface area contributed by atoms with Crippen molar-refractivity contribution in [3.8, 4) is 0 Å². The molecule has 2 aromatic rings. The number of carbonyl (C=O) groups is 1. The molecule has 0 radical (unpaired) electrons. The summed E-state index contributed by atoms with van der Waals surface area (Å²) in [6.45, 7) is 0.586. The first-order chi connectivity index (χ1) is 8.99. The third-order valence-electron chi connectivity index (χ3n) is 2.60. The average molecular weight is 297 g/mol. The number of amides is 1. The van der Waals surface area contributed by atoms with E-state index in [2.05, 4.69) is 4.37 Å². The van der Waals surface area contributed by atoms with Gasteiger partial charge in [0.2, 0.25) is 0 Å². The minimum Gasteiger partial charge on any atom is -0.382 e. The summed E-state index contributed by atoms with van der Waals surface area (Å²) >= 11 is 7.09. The summed E-state index contributed by atoms with van der Waals surface area (Å²) in [5.41, 5.74) is 12.3. The summed E-state index contributed by atoms with van der Waals surface area (Å²) in [5.74, 6) is -0.398. The summed E-state index contributed by atoms with van der Waals surface area (Å²) in [7, 11) is 1.85. The molecule has 2 rings (SSSR count). The fourth-order valence-electron chi connectivity index (χ4n) is 1.77. The molecular formula is C12H13ClN4OS. The van der Waals surface area contributed by atoms with E-state index in [0.717, 1.165) is 17.1 Å². The molecule has 0 bridgehead atoms. The number of benzene rings is 1. The van der Waals surface area contributed by atoms with Crippen LogP contribution in [0.25, 0.3) is 0 Å². The van der Waals surface area contributed by atoms with Crippen molar-refractivity contribution in [2.24, 2.45) is 5.73 Å². The SMILES string of the molecule is CN(Cc1cccc(Cl)c1)c1snc(N)c1C(N)=O. The topological polar surface area (TPSA) is 85.2 Å². The van der Waals surface area contributed by atoms with Crippen LogP contribution in [-0.2, 0) is 6.54 Å². The van der Waals surface area contributed by atoms with Gasteiger partial charge in [0.1, 0.15) is 10.6 Å². The summed E-state index contributed by atoms with van der Waals surface area (Å²) in [6.07, 6.45) is 0. The third-order valence-corrected chi connectivity index (χ3v) is 3.81. The van der Waals surface area contributed by atoms with Gasteiger partial charge in [-0.1, -0.05) is 23.7 Å². The number of nitrogens with zero attached hydrogens (tertiary/aromatic N) is 2. The Hall–Kier alpha value is -1.79. The van der Waals surface area contributed by atoms with Gasteiger partial charge in [-0.05, 0) is 29.2 Å². The Morgan fingerprint density at radius 1 is 1.53 bits per heavy atom. The molecule has 1 aromatic heterocycles. The van der Waals surface area contributed by atoms with Crippen LogP contribution in [0.4, 0.5) is 10.8 Å². The number of rotatable bonds is 4. The molecule has 0 aliphatic rings. The second-order valence-corrected chi connectivity index (χ2v) is 5.29. The molecule has 7 heteroatoms. The first kappa shape index (κ1) is 13.6. The van der Waals surface area contributed by atoms with Crippen LogP contribution in [-0.4, -0.2) is 17.3 Å². The van der Waals surface area contributed by atoms with Crippen LogP contribution in [0.2, 0.25) is 5.02 Å². The highest BCUT2D eigenvalue weighted by molar-refractivity contribution is 7.11. The van der Waals surface area contributed by atoms with Gasteiger partial charge in [0, 0.05) is 18.6 Å². The monoisotopic (exact) mass is 296 g/mol. The molecule has 100 valence electrons. The molecule has 0 saturated carbocycles. The Morgan fingerprint density at radius 2 is 2.26 bits per heavy atom. The van der Waals surface area contributed by atoms with Crippen LogP contribution in [0.5, 0.6) is 0 Å². The van der Waals surface area contributed by atoms with Crippen molar-refractivity contribution < 1.29 is 4.79 Å². The van der Waals surface area contributed by atoms with Gasteiger partial charge in [-0.3, -0.25) is 4.79 Å². The molecule has 0 aliphatic carbocycles. The van der Waals surface area contributed by atoms with Crippen molar-refractivity contribution in [3.63, 3.8) is 0 Å². The Kier molecular flexibility index (Phi) is 3.92. The van der Waals surface area contributed by atoms with Crippen molar-refractivity contribution in [2.45, 2.75) is 6.54 Å². The lowest BCUT2D eigenvalue weighted by atomic mass is 10.2. The smallest absolute Gasteiger partial charge is 0.255 e. The highest BCUT2D eigenvalue weighted by Gasteiger charge is 2.19. The molecule has 4 N–H and O–H groups in total. The molecule has 5 nitrogen and oxygen atoms in total. The first-order valence-corrected chi connectivity index (χ1v) is 6.64. The number of halogens is 1. The van der Waals surface area contributed by atoms with Crippen molar-refractivity contribution >= 4 is 39.9 Å². The fourth-order valence-corrected chi connectivity index (χ4v) is 2.76. The van der Waals surface area contributed by atoms with Crippen LogP contribution < -0.4 is 16.4 Å². The van der Waals surface area contributed by atoms with Gasteiger partial charge in [-0.25, -0.2) is 0 Å². The van der Waals surface area contributed by atoms with E-state index in [0.29, 0.717) is 16.6 Å². The van der Waals surface area contributed by atoms with Gasteiger partial charge >= 0.3 is 0 Å². The lowest BCUT2D eigenvalue weighted by Crippen LogP contribution is -2.21. The molecule has 0 saturated heterocycles. The van der Waals surface area contributed by atoms with E-state index in [1.54, 1.807) is 0 Å². The Balaban J connectivity index is 2.25. The minimum absolute atomic E-state index is 0.172. The zero-order valence-electron chi connectivity index (χ0n) is 10.3. The van der Waals surface area contributed by atoms with Gasteiger partial charge in [0.25, 0.3) is 5.91 Å². The predicted octanol–water partition coefficient (Wildman–Crippen LogP) is 2.11. The van der Waals surface area contributed by atoms with Crippen LogP contribution in [0.3, 0.4) is 0 Å². The summed E-state index contributed by atoms with van der Waals surface area (Å²) in [4.78, 5) is 13.3. The number of primary amides is 1. The lowest BCUT2D eigenvalue weighted by molar-refractivity contribution is 0.100. The van der Waals surface area contributed by atoms with E-state index in [9.17, 15) is 4.79 Å². The zero-order valence-corrected chi connectivity index (χ0v) is 11.8. The van der Waals surface area contributed by atoms with Crippen molar-refractivity contribution in [2.75, 3.05) is 17.7 Å². The van der Waals surface area contributed by atoms with Crippen LogP contribution >= 0.6 is 23.1 Å². The molecule has 0 spiro atoms. The van der Waals surface area contributed by atoms with E-state index in [4.69, 9.17) is 23.1 Å². The minimum atomic E-state index is -0.570. The summed E-state index contributed by atoms with van der Waals surface area (Å²) < 4.78 is 3.97. The maximum atomic E-state index is 11.4. The number of hydrogen-bond donors (Lipinski definition) is 2. The molecular weight excluding hydrogens is 284 g/mol. The maximum Gasteiger partial charge on any atom is 0.255 e. The molecule has 1 amide bonds. The van der Waals surface area contributed by atoms with Gasteiger partial charge in [-0.15, -0.1) is 0 Å². The van der Waals surface area contributed by atoms with Gasteiger partial charge in [-0.2, -0.15) is 4.37 Å². The normalized spacial score (nSPS) is 10.4. The van der Waals surface area contributed by atoms with E-state index in [-0.39, 0.29) is 11.4 Å². The Morgan fingerprint density at radius 3 is 2.89 bits per heavy atom. The van der Waals surface area contributed by atoms with E-state index < -0.39 is 5.91 Å². The molecule has 1 heterocycles. The number of anilines is 2. The van der Waals surface area contributed by atoms with Gasteiger partial charge < -0.3 is 16.4 Å². The number of aromatic nitrogens is 1. The lowest BCUT2D eigenvalue weighted by Gasteiger charge is -2.18. The fraction of sp³-hybridized carbons (Fsp3) is 0.167. The number of hydrogen-bond acceptors (Lipinski definition) is 5. The van der Waals surface area contributed by atoms with Crippen molar-refractivity contribution in [3.05, 3.63) is 40.4 Å². The zero-order chi connectivity index (χ0) is 14.0.